The van der Waals surface area contributed by atoms with E-state index < -0.39 is 0 Å². The van der Waals surface area contributed by atoms with Gasteiger partial charge in [-0.2, -0.15) is 0 Å². The van der Waals surface area contributed by atoms with Crippen molar-refractivity contribution in [3.8, 4) is 0 Å². The molecule has 1 heterocycles. The first-order valence-electron chi connectivity index (χ1n) is 8.67. The molecule has 0 aliphatic carbocycles. The highest BCUT2D eigenvalue weighted by Gasteiger charge is 2.37. The van der Waals surface area contributed by atoms with Crippen LogP contribution < -0.4 is 5.32 Å². The summed E-state index contributed by atoms with van der Waals surface area (Å²) < 4.78 is 0. The molecule has 0 spiro atoms. The van der Waals surface area contributed by atoms with Crippen LogP contribution in [-0.2, 0) is 0 Å². The summed E-state index contributed by atoms with van der Waals surface area (Å²) in [6, 6.07) is 0.659. The molecule has 0 aromatic heterocycles. The summed E-state index contributed by atoms with van der Waals surface area (Å²) >= 11 is 0. The van der Waals surface area contributed by atoms with Crippen LogP contribution in [0.1, 0.15) is 79.1 Å². The third-order valence-corrected chi connectivity index (χ3v) is 5.04. The molecule has 1 aliphatic rings. The highest BCUT2D eigenvalue weighted by atomic mass is 15.3. The number of hydrogen-bond acceptors (Lipinski definition) is 2. The van der Waals surface area contributed by atoms with Crippen molar-refractivity contribution in [3.63, 3.8) is 0 Å². The van der Waals surface area contributed by atoms with Crippen LogP contribution in [0.25, 0.3) is 0 Å². The zero-order chi connectivity index (χ0) is 14.1. The molecule has 1 aliphatic heterocycles. The summed E-state index contributed by atoms with van der Waals surface area (Å²) in [7, 11) is 0. The van der Waals surface area contributed by atoms with Crippen molar-refractivity contribution >= 4 is 0 Å². The maximum Gasteiger partial charge on any atom is 0.0329 e. The maximum atomic E-state index is 3.68. The summed E-state index contributed by atoms with van der Waals surface area (Å²) in [5, 5.41) is 3.68. The topological polar surface area (TPSA) is 15.3 Å². The van der Waals surface area contributed by atoms with E-state index >= 15 is 0 Å². The lowest BCUT2D eigenvalue weighted by atomic mass is 9.87. The zero-order valence-corrected chi connectivity index (χ0v) is 13.8. The van der Waals surface area contributed by atoms with E-state index in [0.717, 1.165) is 0 Å². The monoisotopic (exact) mass is 268 g/mol. The summed E-state index contributed by atoms with van der Waals surface area (Å²) in [5.41, 5.74) is 0.427. The molecule has 0 amide bonds. The van der Waals surface area contributed by atoms with Crippen LogP contribution in [0, 0.1) is 0 Å². The molecule has 0 bridgehead atoms. The highest BCUT2D eigenvalue weighted by Crippen LogP contribution is 2.27. The third-order valence-electron chi connectivity index (χ3n) is 5.04. The Balaban J connectivity index is 2.34. The smallest absolute Gasteiger partial charge is 0.0329 e. The van der Waals surface area contributed by atoms with E-state index in [9.17, 15) is 0 Å². The van der Waals surface area contributed by atoms with Crippen molar-refractivity contribution in [2.75, 3.05) is 19.6 Å². The Kier molecular flexibility index (Phi) is 8.01. The first-order chi connectivity index (χ1) is 9.18. The summed E-state index contributed by atoms with van der Waals surface area (Å²) in [6.45, 7) is 13.0. The minimum absolute atomic E-state index is 0.427. The van der Waals surface area contributed by atoms with Crippen LogP contribution in [0.2, 0.25) is 0 Å². The molecule has 0 aromatic rings. The molecule has 0 radical (unpaired) electrons. The Hall–Kier alpha value is -0.0800. The van der Waals surface area contributed by atoms with Crippen LogP contribution in [-0.4, -0.2) is 36.1 Å². The van der Waals surface area contributed by atoms with Gasteiger partial charge in [-0.15, -0.1) is 0 Å². The normalized spacial score (nSPS) is 23.7. The average molecular weight is 268 g/mol. The van der Waals surface area contributed by atoms with E-state index in [1.165, 1.54) is 71.0 Å². The minimum Gasteiger partial charge on any atom is -0.311 e. The molecule has 0 saturated carbocycles. The largest absolute Gasteiger partial charge is 0.311 e. The van der Waals surface area contributed by atoms with E-state index in [0.29, 0.717) is 11.6 Å². The van der Waals surface area contributed by atoms with E-state index in [2.05, 4.69) is 37.9 Å². The number of hydrogen-bond donors (Lipinski definition) is 1. The molecule has 1 N–H and O–H groups in total. The highest BCUT2D eigenvalue weighted by molar-refractivity contribution is 4.96. The molecular formula is C17H36N2. The number of rotatable bonds is 9. The van der Waals surface area contributed by atoms with Gasteiger partial charge in [0.1, 0.15) is 0 Å². The van der Waals surface area contributed by atoms with Gasteiger partial charge in [0, 0.05) is 24.7 Å². The van der Waals surface area contributed by atoms with E-state index in [1.807, 2.05) is 0 Å². The lowest BCUT2D eigenvalue weighted by Gasteiger charge is -2.49. The number of nitrogens with one attached hydrogen (secondary N) is 1. The molecule has 2 nitrogen and oxygen atoms in total. The molecule has 1 atom stereocenters. The standard InChI is InChI=1S/C17H36N2/c1-5-8-9-10-11-12-13-19-14-16(4)18-15-17(19,6-2)7-3/h16,18H,5-15H2,1-4H3. The fourth-order valence-electron chi connectivity index (χ4n) is 3.42. The predicted octanol–water partition coefficient (Wildman–Crippen LogP) is 4.20. The van der Waals surface area contributed by atoms with Crippen LogP contribution in [0.3, 0.4) is 0 Å². The van der Waals surface area contributed by atoms with Gasteiger partial charge >= 0.3 is 0 Å². The first-order valence-corrected chi connectivity index (χ1v) is 8.67. The molecule has 2 heteroatoms. The molecule has 1 fully saturated rings. The van der Waals surface area contributed by atoms with Crippen molar-refractivity contribution in [3.05, 3.63) is 0 Å². The number of piperazine rings is 1. The third kappa shape index (κ3) is 5.07. The zero-order valence-electron chi connectivity index (χ0n) is 13.8. The molecule has 1 unspecified atom stereocenters. The molecule has 19 heavy (non-hydrogen) atoms. The van der Waals surface area contributed by atoms with E-state index in [1.54, 1.807) is 0 Å². The van der Waals surface area contributed by atoms with Gasteiger partial charge in [-0.3, -0.25) is 4.90 Å². The van der Waals surface area contributed by atoms with E-state index in [-0.39, 0.29) is 0 Å². The van der Waals surface area contributed by atoms with Crippen molar-refractivity contribution < 1.29 is 0 Å². The Morgan fingerprint density at radius 2 is 1.63 bits per heavy atom. The van der Waals surface area contributed by atoms with Crippen molar-refractivity contribution in [2.45, 2.75) is 90.6 Å². The van der Waals surface area contributed by atoms with Crippen LogP contribution in [0.5, 0.6) is 0 Å². The Labute approximate surface area is 121 Å². The summed E-state index contributed by atoms with van der Waals surface area (Å²) in [6.07, 6.45) is 11.0. The first kappa shape index (κ1) is 17.0. The van der Waals surface area contributed by atoms with Gasteiger partial charge in [0.05, 0.1) is 0 Å². The van der Waals surface area contributed by atoms with Gasteiger partial charge in [-0.1, -0.05) is 52.9 Å². The second kappa shape index (κ2) is 8.97. The Morgan fingerprint density at radius 1 is 1.00 bits per heavy atom. The molecular weight excluding hydrogens is 232 g/mol. The van der Waals surface area contributed by atoms with Gasteiger partial charge < -0.3 is 5.32 Å². The maximum absolute atomic E-state index is 3.68. The number of unbranched alkanes of at least 4 members (excludes halogenated alkanes) is 5. The lowest BCUT2D eigenvalue weighted by molar-refractivity contribution is 0.0335. The van der Waals surface area contributed by atoms with Crippen LogP contribution >= 0.6 is 0 Å². The molecule has 0 aromatic carbocycles. The van der Waals surface area contributed by atoms with Gasteiger partial charge in [0.15, 0.2) is 0 Å². The predicted molar refractivity (Wildman–Crippen MR) is 85.7 cm³/mol. The van der Waals surface area contributed by atoms with Crippen molar-refractivity contribution in [1.29, 1.82) is 0 Å². The van der Waals surface area contributed by atoms with Gasteiger partial charge in [-0.25, -0.2) is 0 Å². The molecule has 114 valence electrons. The summed E-state index contributed by atoms with van der Waals surface area (Å²) in [5.74, 6) is 0. The van der Waals surface area contributed by atoms with Gasteiger partial charge in [0.25, 0.3) is 0 Å². The minimum atomic E-state index is 0.427. The molecule has 1 saturated heterocycles. The van der Waals surface area contributed by atoms with Gasteiger partial charge in [0.2, 0.25) is 0 Å². The van der Waals surface area contributed by atoms with Crippen molar-refractivity contribution in [1.82, 2.24) is 10.2 Å². The fourth-order valence-corrected chi connectivity index (χ4v) is 3.42. The fraction of sp³-hybridized carbons (Fsp3) is 1.00. The van der Waals surface area contributed by atoms with Crippen LogP contribution in [0.4, 0.5) is 0 Å². The van der Waals surface area contributed by atoms with Crippen molar-refractivity contribution in [2.24, 2.45) is 0 Å². The Morgan fingerprint density at radius 3 is 2.26 bits per heavy atom. The summed E-state index contributed by atoms with van der Waals surface area (Å²) in [4.78, 5) is 2.79. The Bertz CT molecular complexity index is 223. The lowest BCUT2D eigenvalue weighted by Crippen LogP contribution is -2.63. The second-order valence-corrected chi connectivity index (χ2v) is 6.43. The quantitative estimate of drug-likeness (QED) is 0.631. The average Bonchev–Trinajstić information content (AvgIpc) is 2.43. The molecule has 1 rings (SSSR count). The van der Waals surface area contributed by atoms with Gasteiger partial charge in [-0.05, 0) is 32.7 Å². The SMILES string of the molecule is CCCCCCCCN1CC(C)NCC1(CC)CC. The number of nitrogens with zero attached hydrogens (tertiary/aromatic N) is 1. The van der Waals surface area contributed by atoms with E-state index in [4.69, 9.17) is 0 Å². The second-order valence-electron chi connectivity index (χ2n) is 6.43. The van der Waals surface area contributed by atoms with Crippen LogP contribution in [0.15, 0.2) is 0 Å².